The topological polar surface area (TPSA) is 124 Å². The van der Waals surface area contributed by atoms with Crippen molar-refractivity contribution in [1.29, 1.82) is 0 Å². The van der Waals surface area contributed by atoms with E-state index in [1.165, 1.54) is 38.2 Å². The largest absolute Gasteiger partial charge is 0.387 e. The van der Waals surface area contributed by atoms with Crippen LogP contribution < -0.4 is 5.32 Å². The van der Waals surface area contributed by atoms with Crippen LogP contribution in [0.2, 0.25) is 0 Å². The number of unbranched alkanes of at least 4 members (excludes halogenated alkanes) is 8. The monoisotopic (exact) mass is 541 g/mol. The quantitative estimate of drug-likeness (QED) is 0.0735. The summed E-state index contributed by atoms with van der Waals surface area (Å²) in [6, 6.07) is -1.27. The van der Waals surface area contributed by atoms with E-state index in [-0.39, 0.29) is 6.42 Å². The Morgan fingerprint density at radius 2 is 1.24 bits per heavy atom. The average molecular weight is 542 g/mol. The first-order valence-corrected chi connectivity index (χ1v) is 15.6. The Hall–Kier alpha value is -1.74. The molecule has 0 saturated carbocycles. The molecule has 0 aromatic heterocycles. The molecule has 214 valence electrons. The molecular weight excluding hydrogens is 490 g/mol. The molecule has 37 heavy (non-hydrogen) atoms. The molecule has 1 amide bonds. The third-order valence-electron chi connectivity index (χ3n) is 5.82. The summed E-state index contributed by atoms with van der Waals surface area (Å²) >= 11 is 0. The van der Waals surface area contributed by atoms with Crippen LogP contribution in [0, 0.1) is 0 Å². The van der Waals surface area contributed by atoms with Gasteiger partial charge in [-0.15, -0.1) is 0 Å². The van der Waals surface area contributed by atoms with Gasteiger partial charge in [-0.1, -0.05) is 94.6 Å². The van der Waals surface area contributed by atoms with Gasteiger partial charge in [-0.25, -0.2) is 0 Å². The number of hydrogen-bond donors (Lipinski definition) is 4. The molecule has 0 aliphatic rings. The van der Waals surface area contributed by atoms with Gasteiger partial charge in [0.05, 0.1) is 17.9 Å². The number of aliphatic hydroxyl groups excluding tert-OH is 2. The third-order valence-corrected chi connectivity index (χ3v) is 6.60. The minimum Gasteiger partial charge on any atom is -0.387 e. The molecule has 8 heteroatoms. The number of amides is 1. The molecule has 0 radical (unpaired) electrons. The van der Waals surface area contributed by atoms with E-state index >= 15 is 0 Å². The Kier molecular flexibility index (Phi) is 22.3. The van der Waals surface area contributed by atoms with Crippen molar-refractivity contribution in [2.75, 3.05) is 5.75 Å². The molecule has 0 aromatic carbocycles. The van der Waals surface area contributed by atoms with Crippen molar-refractivity contribution in [2.45, 2.75) is 122 Å². The van der Waals surface area contributed by atoms with Gasteiger partial charge in [0.1, 0.15) is 6.10 Å². The van der Waals surface area contributed by atoms with Crippen molar-refractivity contribution < 1.29 is 28.0 Å². The van der Waals surface area contributed by atoms with Crippen LogP contribution in [0.4, 0.5) is 0 Å². The molecule has 0 heterocycles. The molecule has 0 spiro atoms. The molecule has 0 aliphatic carbocycles. The van der Waals surface area contributed by atoms with Crippen molar-refractivity contribution in [3.8, 4) is 0 Å². The van der Waals surface area contributed by atoms with E-state index in [0.29, 0.717) is 12.8 Å². The lowest BCUT2D eigenvalue weighted by Crippen LogP contribution is -2.50. The molecule has 7 nitrogen and oxygen atoms in total. The summed E-state index contributed by atoms with van der Waals surface area (Å²) in [4.78, 5) is 12.3. The van der Waals surface area contributed by atoms with Crippen LogP contribution in [0.5, 0.6) is 0 Å². The molecule has 4 N–H and O–H groups in total. The van der Waals surface area contributed by atoms with Crippen molar-refractivity contribution in [2.24, 2.45) is 0 Å². The number of aliphatic hydroxyl groups is 2. The summed E-state index contributed by atoms with van der Waals surface area (Å²) < 4.78 is 32.0. The molecule has 3 unspecified atom stereocenters. The second-order valence-corrected chi connectivity index (χ2v) is 10.9. The summed E-state index contributed by atoms with van der Waals surface area (Å²) in [5.41, 5.74) is 0. The van der Waals surface area contributed by atoms with Crippen LogP contribution in [-0.2, 0) is 14.9 Å². The normalized spacial score (nSPS) is 15.3. The van der Waals surface area contributed by atoms with Gasteiger partial charge in [-0.3, -0.25) is 9.35 Å². The van der Waals surface area contributed by atoms with Crippen molar-refractivity contribution in [1.82, 2.24) is 5.32 Å². The van der Waals surface area contributed by atoms with Gasteiger partial charge < -0.3 is 15.5 Å². The molecular formula is C29H51NO6S. The fraction of sp³-hybridized carbons (Fsp3) is 0.690. The van der Waals surface area contributed by atoms with Crippen LogP contribution in [0.15, 0.2) is 48.6 Å². The Labute approximate surface area is 225 Å². The highest BCUT2D eigenvalue weighted by Gasteiger charge is 2.27. The molecule has 0 aromatic rings. The van der Waals surface area contributed by atoms with Gasteiger partial charge in [-0.2, -0.15) is 8.42 Å². The molecule has 0 rings (SSSR count). The van der Waals surface area contributed by atoms with E-state index in [1.807, 2.05) is 12.2 Å². The van der Waals surface area contributed by atoms with E-state index < -0.39 is 40.0 Å². The predicted octanol–water partition coefficient (Wildman–Crippen LogP) is 5.81. The predicted molar refractivity (Wildman–Crippen MR) is 153 cm³/mol. The van der Waals surface area contributed by atoms with Crippen LogP contribution in [0.1, 0.15) is 104 Å². The second kappa shape index (κ2) is 23.4. The van der Waals surface area contributed by atoms with Crippen molar-refractivity contribution in [3.63, 3.8) is 0 Å². The first kappa shape index (κ1) is 35.3. The first-order chi connectivity index (χ1) is 17.7. The van der Waals surface area contributed by atoms with Crippen molar-refractivity contribution >= 4 is 16.0 Å². The molecule has 3 atom stereocenters. The van der Waals surface area contributed by atoms with Crippen molar-refractivity contribution in [3.05, 3.63) is 48.6 Å². The zero-order valence-electron chi connectivity index (χ0n) is 22.9. The highest BCUT2D eigenvalue weighted by Crippen LogP contribution is 2.07. The maximum absolute atomic E-state index is 12.3. The Morgan fingerprint density at radius 3 is 1.81 bits per heavy atom. The van der Waals surface area contributed by atoms with Crippen LogP contribution >= 0.6 is 0 Å². The van der Waals surface area contributed by atoms with E-state index in [4.69, 9.17) is 0 Å². The highest BCUT2D eigenvalue weighted by molar-refractivity contribution is 7.85. The van der Waals surface area contributed by atoms with Gasteiger partial charge in [-0.05, 0) is 57.8 Å². The standard InChI is InChI=1S/C29H51NO6S/c1-3-5-7-9-11-13-14-15-16-18-19-21-23-27(31)26(25-37(34,35)36)30-29(33)28(32)24-22-20-17-12-10-8-6-4-2/h9,11,15-17,20-21,23,26-28,31-32H,3-8,10,12-14,18-19,22,24-25H2,1-2H3,(H,30,33)(H,34,35,36)/b11-9+,16-15+,20-17-,23-21+. The Balaban J connectivity index is 4.49. The Morgan fingerprint density at radius 1 is 0.730 bits per heavy atom. The summed E-state index contributed by atoms with van der Waals surface area (Å²) in [5, 5.41) is 22.9. The average Bonchev–Trinajstić information content (AvgIpc) is 2.84. The number of nitrogens with one attached hydrogen (secondary N) is 1. The number of hydrogen-bond acceptors (Lipinski definition) is 5. The maximum Gasteiger partial charge on any atom is 0.267 e. The van der Waals surface area contributed by atoms with Gasteiger partial charge in [0, 0.05) is 0 Å². The molecule has 0 saturated heterocycles. The zero-order valence-corrected chi connectivity index (χ0v) is 23.7. The van der Waals surface area contributed by atoms with Crippen LogP contribution in [0.3, 0.4) is 0 Å². The highest BCUT2D eigenvalue weighted by atomic mass is 32.2. The molecule has 0 bridgehead atoms. The minimum atomic E-state index is -4.45. The summed E-state index contributed by atoms with van der Waals surface area (Å²) in [6.07, 6.45) is 26.3. The lowest BCUT2D eigenvalue weighted by Gasteiger charge is -2.22. The second-order valence-electron chi connectivity index (χ2n) is 9.44. The third kappa shape index (κ3) is 23.1. The summed E-state index contributed by atoms with van der Waals surface area (Å²) in [7, 11) is -4.45. The number of rotatable bonds is 23. The molecule has 0 aliphatic heterocycles. The fourth-order valence-electron chi connectivity index (χ4n) is 3.59. The smallest absolute Gasteiger partial charge is 0.267 e. The van der Waals surface area contributed by atoms with E-state index in [1.54, 1.807) is 6.08 Å². The number of carbonyl (C=O) groups is 1. The van der Waals surface area contributed by atoms with Gasteiger partial charge in [0.25, 0.3) is 10.1 Å². The maximum atomic E-state index is 12.3. The number of allylic oxidation sites excluding steroid dienone is 7. The summed E-state index contributed by atoms with van der Waals surface area (Å²) in [5.74, 6) is -1.62. The van der Waals surface area contributed by atoms with E-state index in [0.717, 1.165) is 38.5 Å². The SMILES string of the molecule is CCCC/C=C/CC/C=C/CC/C=C/C(O)C(CS(=O)(=O)O)NC(=O)C(O)CC/C=C\CCCCCC. The van der Waals surface area contributed by atoms with E-state index in [2.05, 4.69) is 43.5 Å². The number of carbonyl (C=O) groups excluding carboxylic acids is 1. The first-order valence-electron chi connectivity index (χ1n) is 13.9. The van der Waals surface area contributed by atoms with Gasteiger partial charge in [0.15, 0.2) is 0 Å². The zero-order chi connectivity index (χ0) is 27.8. The molecule has 0 fully saturated rings. The fourth-order valence-corrected chi connectivity index (χ4v) is 4.32. The Bertz CT molecular complexity index is 788. The van der Waals surface area contributed by atoms with Gasteiger partial charge in [0.2, 0.25) is 5.91 Å². The van der Waals surface area contributed by atoms with Crippen LogP contribution in [0.25, 0.3) is 0 Å². The summed E-state index contributed by atoms with van der Waals surface area (Å²) in [6.45, 7) is 4.34. The van der Waals surface area contributed by atoms with E-state index in [9.17, 15) is 28.0 Å². The van der Waals surface area contributed by atoms with Gasteiger partial charge >= 0.3 is 0 Å². The lowest BCUT2D eigenvalue weighted by atomic mass is 10.1. The van der Waals surface area contributed by atoms with Crippen LogP contribution in [-0.4, -0.2) is 53.1 Å². The minimum absolute atomic E-state index is 0.183. The lowest BCUT2D eigenvalue weighted by molar-refractivity contribution is -0.130.